The number of fused-ring (bicyclic) bond motifs is 1. The summed E-state index contributed by atoms with van der Waals surface area (Å²) in [5, 5.41) is 11.9. The Balaban J connectivity index is 1.62. The van der Waals surface area contributed by atoms with Crippen LogP contribution in [-0.2, 0) is 11.3 Å². The first-order valence-corrected chi connectivity index (χ1v) is 8.62. The Morgan fingerprint density at radius 1 is 1.38 bits per heavy atom. The predicted octanol–water partition coefficient (Wildman–Crippen LogP) is 1.43. The second-order valence-electron chi connectivity index (χ2n) is 6.63. The first-order chi connectivity index (χ1) is 11.8. The molecule has 2 aromatic heterocycles. The Labute approximate surface area is 139 Å². The van der Waals surface area contributed by atoms with Crippen molar-refractivity contribution in [3.63, 3.8) is 0 Å². The van der Waals surface area contributed by atoms with Gasteiger partial charge in [-0.15, -0.1) is 0 Å². The first-order valence-electron chi connectivity index (χ1n) is 8.62. The molecule has 0 aromatic carbocycles. The van der Waals surface area contributed by atoms with Gasteiger partial charge >= 0.3 is 0 Å². The zero-order valence-electron chi connectivity index (χ0n) is 13.6. The molecule has 4 heterocycles. The molecule has 7 heteroatoms. The number of nitrogens with one attached hydrogen (secondary N) is 1. The Morgan fingerprint density at radius 2 is 2.29 bits per heavy atom. The third-order valence-electron chi connectivity index (χ3n) is 5.09. The number of nitrogens with zero attached hydrogens (tertiary/aromatic N) is 4. The molecule has 0 saturated carbocycles. The fourth-order valence-corrected chi connectivity index (χ4v) is 3.94. The maximum absolute atomic E-state index is 12.2. The largest absolute Gasteiger partial charge is 0.377 e. The van der Waals surface area contributed by atoms with Crippen LogP contribution in [0, 0.1) is 11.3 Å². The normalized spacial score (nSPS) is 25.1. The van der Waals surface area contributed by atoms with Gasteiger partial charge in [0, 0.05) is 31.5 Å². The van der Waals surface area contributed by atoms with Crippen LogP contribution in [0.5, 0.6) is 0 Å². The molecule has 0 radical (unpaired) electrons. The van der Waals surface area contributed by atoms with E-state index in [0.29, 0.717) is 29.9 Å². The van der Waals surface area contributed by atoms with Crippen molar-refractivity contribution >= 4 is 5.65 Å². The number of ether oxygens (including phenoxy) is 1. The van der Waals surface area contributed by atoms with Crippen LogP contribution in [0.3, 0.4) is 0 Å². The van der Waals surface area contributed by atoms with E-state index in [4.69, 9.17) is 10.00 Å². The second-order valence-corrected chi connectivity index (χ2v) is 6.63. The maximum atomic E-state index is 12.2. The maximum Gasteiger partial charge on any atom is 0.272 e. The van der Waals surface area contributed by atoms with E-state index in [1.54, 1.807) is 6.07 Å². The molecule has 0 bridgehead atoms. The van der Waals surface area contributed by atoms with Gasteiger partial charge in [-0.3, -0.25) is 14.8 Å². The van der Waals surface area contributed by atoms with E-state index in [9.17, 15) is 4.79 Å². The monoisotopic (exact) mass is 327 g/mol. The lowest BCUT2D eigenvalue weighted by Crippen LogP contribution is -2.46. The molecule has 1 N–H and O–H groups in total. The molecular formula is C17H21N5O2. The van der Waals surface area contributed by atoms with Crippen LogP contribution >= 0.6 is 0 Å². The minimum absolute atomic E-state index is 0.179. The van der Waals surface area contributed by atoms with Gasteiger partial charge in [-0.25, -0.2) is 9.50 Å². The van der Waals surface area contributed by atoms with E-state index >= 15 is 0 Å². The highest BCUT2D eigenvalue weighted by molar-refractivity contribution is 5.53. The van der Waals surface area contributed by atoms with Gasteiger partial charge in [0.2, 0.25) is 0 Å². The van der Waals surface area contributed by atoms with Crippen LogP contribution in [0.4, 0.5) is 0 Å². The van der Waals surface area contributed by atoms with Crippen LogP contribution < -0.4 is 5.56 Å². The van der Waals surface area contributed by atoms with Crippen molar-refractivity contribution in [3.05, 3.63) is 33.9 Å². The molecule has 4 rings (SSSR count). The Bertz CT molecular complexity index is 828. The van der Waals surface area contributed by atoms with Crippen LogP contribution in [0.2, 0.25) is 0 Å². The summed E-state index contributed by atoms with van der Waals surface area (Å²) < 4.78 is 7.22. The summed E-state index contributed by atoms with van der Waals surface area (Å²) in [7, 11) is 0. The minimum Gasteiger partial charge on any atom is -0.377 e. The SMILES string of the molecule is N#Cc1c[nH]n2c(=O)cc(CN3CCCCC3C3CCCO3)nc12. The molecule has 0 aliphatic carbocycles. The zero-order valence-corrected chi connectivity index (χ0v) is 13.6. The number of nitriles is 1. The molecule has 2 aliphatic rings. The van der Waals surface area contributed by atoms with E-state index in [1.165, 1.54) is 17.1 Å². The molecule has 0 spiro atoms. The van der Waals surface area contributed by atoms with Gasteiger partial charge in [-0.1, -0.05) is 6.42 Å². The third-order valence-corrected chi connectivity index (χ3v) is 5.09. The number of rotatable bonds is 3. The van der Waals surface area contributed by atoms with E-state index in [2.05, 4.69) is 21.1 Å². The predicted molar refractivity (Wildman–Crippen MR) is 87.6 cm³/mol. The Morgan fingerprint density at radius 3 is 3.08 bits per heavy atom. The number of piperidine rings is 1. The highest BCUT2D eigenvalue weighted by Crippen LogP contribution is 2.28. The van der Waals surface area contributed by atoms with Crippen molar-refractivity contribution in [1.29, 1.82) is 5.26 Å². The van der Waals surface area contributed by atoms with E-state index in [-0.39, 0.29) is 5.56 Å². The number of likely N-dealkylation sites (tertiary alicyclic amines) is 1. The van der Waals surface area contributed by atoms with Gasteiger partial charge in [-0.2, -0.15) is 5.26 Å². The lowest BCUT2D eigenvalue weighted by molar-refractivity contribution is 0.00171. The quantitative estimate of drug-likeness (QED) is 0.921. The summed E-state index contributed by atoms with van der Waals surface area (Å²) in [5.74, 6) is 0. The smallest absolute Gasteiger partial charge is 0.272 e. The van der Waals surface area contributed by atoms with Crippen LogP contribution in [0.15, 0.2) is 17.1 Å². The molecule has 126 valence electrons. The molecule has 24 heavy (non-hydrogen) atoms. The summed E-state index contributed by atoms with van der Waals surface area (Å²) in [5.41, 5.74) is 1.34. The van der Waals surface area contributed by atoms with E-state index < -0.39 is 0 Å². The fraction of sp³-hybridized carbons (Fsp3) is 0.588. The molecule has 7 nitrogen and oxygen atoms in total. The Kier molecular flexibility index (Phi) is 4.08. The van der Waals surface area contributed by atoms with Crippen molar-refractivity contribution in [3.8, 4) is 6.07 Å². The molecule has 2 aliphatic heterocycles. The number of hydrogen-bond acceptors (Lipinski definition) is 5. The summed E-state index contributed by atoms with van der Waals surface area (Å²) in [4.78, 5) is 19.2. The van der Waals surface area contributed by atoms with Crippen molar-refractivity contribution < 1.29 is 4.74 Å². The third kappa shape index (κ3) is 2.72. The first kappa shape index (κ1) is 15.4. The molecule has 2 saturated heterocycles. The topological polar surface area (TPSA) is 86.4 Å². The Hall–Kier alpha value is -2.17. The number of aromatic amines is 1. The van der Waals surface area contributed by atoms with Gasteiger partial charge in [0.1, 0.15) is 11.6 Å². The molecule has 2 unspecified atom stereocenters. The summed E-state index contributed by atoms with van der Waals surface area (Å²) in [6.07, 6.45) is 7.60. The summed E-state index contributed by atoms with van der Waals surface area (Å²) in [6, 6.07) is 4.04. The number of hydrogen-bond donors (Lipinski definition) is 1. The summed E-state index contributed by atoms with van der Waals surface area (Å²) >= 11 is 0. The summed E-state index contributed by atoms with van der Waals surface area (Å²) in [6.45, 7) is 2.49. The molecule has 2 fully saturated rings. The standard InChI is InChI=1S/C17H21N5O2/c18-9-12-10-19-22-16(23)8-13(20-17(12)22)11-21-6-2-1-4-14(21)15-5-3-7-24-15/h8,10,14-15,19H,1-7,11H2. The van der Waals surface area contributed by atoms with Crippen LogP contribution in [0.25, 0.3) is 5.65 Å². The van der Waals surface area contributed by atoms with Gasteiger partial charge < -0.3 is 4.74 Å². The molecule has 2 aromatic rings. The fourth-order valence-electron chi connectivity index (χ4n) is 3.94. The number of aromatic nitrogens is 3. The van der Waals surface area contributed by atoms with Gasteiger partial charge in [0.25, 0.3) is 5.56 Å². The molecule has 2 atom stereocenters. The zero-order chi connectivity index (χ0) is 16.5. The average molecular weight is 327 g/mol. The molecular weight excluding hydrogens is 306 g/mol. The lowest BCUT2D eigenvalue weighted by Gasteiger charge is -2.38. The second kappa shape index (κ2) is 6.38. The van der Waals surface area contributed by atoms with Crippen molar-refractivity contribution in [2.75, 3.05) is 13.2 Å². The van der Waals surface area contributed by atoms with Crippen LogP contribution in [0.1, 0.15) is 43.4 Å². The average Bonchev–Trinajstić information content (AvgIpc) is 3.25. The highest BCUT2D eigenvalue weighted by Gasteiger charge is 2.32. The number of H-pyrrole nitrogens is 1. The van der Waals surface area contributed by atoms with Crippen molar-refractivity contribution in [1.82, 2.24) is 19.5 Å². The van der Waals surface area contributed by atoms with Crippen LogP contribution in [-0.4, -0.2) is 44.8 Å². The van der Waals surface area contributed by atoms with Crippen molar-refractivity contribution in [2.45, 2.75) is 50.8 Å². The van der Waals surface area contributed by atoms with Gasteiger partial charge in [-0.05, 0) is 32.2 Å². The highest BCUT2D eigenvalue weighted by atomic mass is 16.5. The van der Waals surface area contributed by atoms with Gasteiger partial charge in [0.05, 0.1) is 11.8 Å². The van der Waals surface area contributed by atoms with Gasteiger partial charge in [0.15, 0.2) is 5.65 Å². The van der Waals surface area contributed by atoms with Crippen molar-refractivity contribution in [2.24, 2.45) is 0 Å². The van der Waals surface area contributed by atoms with E-state index in [1.807, 2.05) is 0 Å². The lowest BCUT2D eigenvalue weighted by atomic mass is 9.95. The minimum atomic E-state index is -0.179. The molecule has 0 amide bonds. The van der Waals surface area contributed by atoms with E-state index in [0.717, 1.165) is 44.5 Å².